The molecule has 5 heteroatoms. The van der Waals surface area contributed by atoms with E-state index in [0.29, 0.717) is 12.5 Å². The first-order valence-corrected chi connectivity index (χ1v) is 8.41. The molecule has 0 fully saturated rings. The van der Waals surface area contributed by atoms with Gasteiger partial charge in [-0.1, -0.05) is 37.6 Å². The van der Waals surface area contributed by atoms with Crippen molar-refractivity contribution in [3.8, 4) is 5.75 Å². The van der Waals surface area contributed by atoms with E-state index in [-0.39, 0.29) is 18.3 Å². The van der Waals surface area contributed by atoms with E-state index in [2.05, 4.69) is 42.7 Å². The maximum atomic E-state index is 12.3. The SMILES string of the molecule is Cc1ccc(C(C)C)c(OC(C)C(=O)NCC2=CCNCC2)c1.Cl. The summed E-state index contributed by atoms with van der Waals surface area (Å²) < 4.78 is 5.95. The minimum atomic E-state index is -0.503. The summed E-state index contributed by atoms with van der Waals surface area (Å²) in [6.45, 7) is 10.6. The average Bonchev–Trinajstić information content (AvgIpc) is 2.53. The molecule has 1 aromatic rings. The van der Waals surface area contributed by atoms with E-state index in [4.69, 9.17) is 4.74 Å². The number of benzene rings is 1. The Morgan fingerprint density at radius 3 is 2.71 bits per heavy atom. The van der Waals surface area contributed by atoms with Crippen LogP contribution < -0.4 is 15.4 Å². The molecule has 0 saturated heterocycles. The van der Waals surface area contributed by atoms with E-state index >= 15 is 0 Å². The Kier molecular flexibility index (Phi) is 8.29. The molecule has 1 aliphatic rings. The van der Waals surface area contributed by atoms with Crippen LogP contribution in [0.5, 0.6) is 5.75 Å². The van der Waals surface area contributed by atoms with Gasteiger partial charge in [0.2, 0.25) is 0 Å². The molecule has 4 nitrogen and oxygen atoms in total. The third kappa shape index (κ3) is 5.84. The second-order valence-electron chi connectivity index (χ2n) is 6.49. The lowest BCUT2D eigenvalue weighted by molar-refractivity contribution is -0.127. The lowest BCUT2D eigenvalue weighted by Crippen LogP contribution is -2.38. The van der Waals surface area contributed by atoms with Crippen molar-refractivity contribution < 1.29 is 9.53 Å². The smallest absolute Gasteiger partial charge is 0.261 e. The Morgan fingerprint density at radius 2 is 2.08 bits per heavy atom. The number of aryl methyl sites for hydroxylation is 1. The molecular formula is C19H29ClN2O2. The van der Waals surface area contributed by atoms with Gasteiger partial charge in [0.05, 0.1) is 0 Å². The molecule has 0 aliphatic carbocycles. The van der Waals surface area contributed by atoms with Crippen LogP contribution in [0.3, 0.4) is 0 Å². The topological polar surface area (TPSA) is 50.4 Å². The summed E-state index contributed by atoms with van der Waals surface area (Å²) in [6.07, 6.45) is 2.63. The van der Waals surface area contributed by atoms with Crippen molar-refractivity contribution >= 4 is 18.3 Å². The van der Waals surface area contributed by atoms with Crippen molar-refractivity contribution in [1.82, 2.24) is 10.6 Å². The fourth-order valence-electron chi connectivity index (χ4n) is 2.64. The van der Waals surface area contributed by atoms with Crippen molar-refractivity contribution in [3.63, 3.8) is 0 Å². The monoisotopic (exact) mass is 352 g/mol. The van der Waals surface area contributed by atoms with Crippen LogP contribution in [-0.4, -0.2) is 31.6 Å². The van der Waals surface area contributed by atoms with Crippen LogP contribution in [0.25, 0.3) is 0 Å². The van der Waals surface area contributed by atoms with Gasteiger partial charge in [0.15, 0.2) is 6.10 Å². The van der Waals surface area contributed by atoms with Gasteiger partial charge in [-0.3, -0.25) is 4.79 Å². The quantitative estimate of drug-likeness (QED) is 0.772. The predicted octanol–water partition coefficient (Wildman–Crippen LogP) is 3.34. The molecule has 1 amide bonds. The van der Waals surface area contributed by atoms with Gasteiger partial charge >= 0.3 is 0 Å². The largest absolute Gasteiger partial charge is 0.481 e. The first-order valence-electron chi connectivity index (χ1n) is 8.41. The second kappa shape index (κ2) is 9.70. The molecule has 1 atom stereocenters. The lowest BCUT2D eigenvalue weighted by atomic mass is 10.0. The summed E-state index contributed by atoms with van der Waals surface area (Å²) in [5, 5.41) is 6.24. The van der Waals surface area contributed by atoms with Crippen LogP contribution in [0.2, 0.25) is 0 Å². The number of halogens is 1. The summed E-state index contributed by atoms with van der Waals surface area (Å²) in [5.74, 6) is 1.10. The molecule has 1 heterocycles. The third-order valence-corrected chi connectivity index (χ3v) is 4.11. The Bertz CT molecular complexity index is 585. The van der Waals surface area contributed by atoms with Gasteiger partial charge in [0, 0.05) is 13.1 Å². The molecule has 134 valence electrons. The highest BCUT2D eigenvalue weighted by molar-refractivity contribution is 5.85. The predicted molar refractivity (Wildman–Crippen MR) is 101 cm³/mol. The van der Waals surface area contributed by atoms with Crippen molar-refractivity contribution in [1.29, 1.82) is 0 Å². The Hall–Kier alpha value is -1.52. The van der Waals surface area contributed by atoms with Crippen molar-refractivity contribution in [2.24, 2.45) is 0 Å². The highest BCUT2D eigenvalue weighted by atomic mass is 35.5. The van der Waals surface area contributed by atoms with Gasteiger partial charge in [-0.05, 0) is 49.9 Å². The molecule has 0 aromatic heterocycles. The summed E-state index contributed by atoms with van der Waals surface area (Å²) in [6, 6.07) is 6.17. The number of carbonyl (C=O) groups is 1. The van der Waals surface area contributed by atoms with Crippen molar-refractivity contribution in [3.05, 3.63) is 41.0 Å². The van der Waals surface area contributed by atoms with Crippen LogP contribution in [0.15, 0.2) is 29.8 Å². The van der Waals surface area contributed by atoms with Gasteiger partial charge in [-0.15, -0.1) is 12.4 Å². The summed E-state index contributed by atoms with van der Waals surface area (Å²) in [7, 11) is 0. The molecule has 1 aromatic carbocycles. The first kappa shape index (κ1) is 20.5. The zero-order chi connectivity index (χ0) is 16.8. The van der Waals surface area contributed by atoms with E-state index in [0.717, 1.165) is 36.4 Å². The van der Waals surface area contributed by atoms with E-state index < -0.39 is 6.10 Å². The van der Waals surface area contributed by atoms with E-state index in [9.17, 15) is 4.79 Å². The number of nitrogens with one attached hydrogen (secondary N) is 2. The van der Waals surface area contributed by atoms with Gasteiger partial charge in [0.1, 0.15) is 5.75 Å². The van der Waals surface area contributed by atoms with Crippen LogP contribution in [-0.2, 0) is 4.79 Å². The van der Waals surface area contributed by atoms with E-state index in [1.54, 1.807) is 6.92 Å². The summed E-state index contributed by atoms with van der Waals surface area (Å²) >= 11 is 0. The number of hydrogen-bond acceptors (Lipinski definition) is 3. The van der Waals surface area contributed by atoms with Gasteiger partial charge in [-0.25, -0.2) is 0 Å². The fourth-order valence-corrected chi connectivity index (χ4v) is 2.64. The molecule has 0 bridgehead atoms. The number of carbonyl (C=O) groups excluding carboxylic acids is 1. The Balaban J connectivity index is 0.00000288. The van der Waals surface area contributed by atoms with Crippen LogP contribution in [0, 0.1) is 6.92 Å². The average molecular weight is 353 g/mol. The molecule has 24 heavy (non-hydrogen) atoms. The molecule has 0 spiro atoms. The standard InChI is InChI=1S/C19H28N2O2.ClH/c1-13(2)17-6-5-14(3)11-18(17)23-15(4)19(22)21-12-16-7-9-20-10-8-16;/h5-7,11,13,15,20H,8-10,12H2,1-4H3,(H,21,22);1H. The number of rotatable bonds is 6. The lowest BCUT2D eigenvalue weighted by Gasteiger charge is -2.20. The van der Waals surface area contributed by atoms with Crippen molar-refractivity contribution in [2.75, 3.05) is 19.6 Å². The van der Waals surface area contributed by atoms with Gasteiger partial charge in [0.25, 0.3) is 5.91 Å². The van der Waals surface area contributed by atoms with E-state index in [1.165, 1.54) is 5.57 Å². The Morgan fingerprint density at radius 1 is 1.33 bits per heavy atom. The summed E-state index contributed by atoms with van der Waals surface area (Å²) in [4.78, 5) is 12.3. The molecule has 0 saturated carbocycles. The molecular weight excluding hydrogens is 324 g/mol. The molecule has 2 N–H and O–H groups in total. The second-order valence-corrected chi connectivity index (χ2v) is 6.49. The molecule has 1 aliphatic heterocycles. The molecule has 1 unspecified atom stereocenters. The zero-order valence-corrected chi connectivity index (χ0v) is 15.8. The maximum absolute atomic E-state index is 12.3. The Labute approximate surface area is 151 Å². The van der Waals surface area contributed by atoms with Gasteiger partial charge in [-0.2, -0.15) is 0 Å². The number of amides is 1. The van der Waals surface area contributed by atoms with Crippen LogP contribution in [0.1, 0.15) is 44.2 Å². The minimum absolute atomic E-state index is 0. The molecule has 0 radical (unpaired) electrons. The minimum Gasteiger partial charge on any atom is -0.481 e. The highest BCUT2D eigenvalue weighted by Gasteiger charge is 2.18. The van der Waals surface area contributed by atoms with Gasteiger partial charge < -0.3 is 15.4 Å². The normalized spacial score (nSPS) is 15.3. The summed E-state index contributed by atoms with van der Waals surface area (Å²) in [5.41, 5.74) is 3.55. The van der Waals surface area contributed by atoms with Crippen LogP contribution >= 0.6 is 12.4 Å². The van der Waals surface area contributed by atoms with Crippen molar-refractivity contribution in [2.45, 2.75) is 46.1 Å². The third-order valence-electron chi connectivity index (χ3n) is 4.11. The molecule has 2 rings (SSSR count). The highest BCUT2D eigenvalue weighted by Crippen LogP contribution is 2.28. The fraction of sp³-hybridized carbons (Fsp3) is 0.526. The number of hydrogen-bond donors (Lipinski definition) is 2. The van der Waals surface area contributed by atoms with E-state index in [1.807, 2.05) is 13.0 Å². The zero-order valence-electron chi connectivity index (χ0n) is 15.0. The van der Waals surface area contributed by atoms with Crippen LogP contribution in [0.4, 0.5) is 0 Å². The number of ether oxygens (including phenoxy) is 1. The first-order chi connectivity index (χ1) is 11.0. The maximum Gasteiger partial charge on any atom is 0.261 e.